The third-order valence-electron chi connectivity index (χ3n) is 2.96. The summed E-state index contributed by atoms with van der Waals surface area (Å²) in [6.45, 7) is 0.858. The van der Waals surface area contributed by atoms with Crippen LogP contribution in [0, 0.1) is 0 Å². The smallest absolute Gasteiger partial charge is 0.123 e. The number of aliphatic hydroxyl groups excluding tert-OH is 1. The minimum atomic E-state index is 0.181. The van der Waals surface area contributed by atoms with Gasteiger partial charge in [-0.25, -0.2) is 4.98 Å². The number of aromatic nitrogens is 1. The largest absolute Gasteiger partial charge is 0.395 e. The maximum Gasteiger partial charge on any atom is 0.123 e. The van der Waals surface area contributed by atoms with Crippen LogP contribution in [0.3, 0.4) is 0 Å². The van der Waals surface area contributed by atoms with Gasteiger partial charge in [-0.05, 0) is 31.4 Å². The van der Waals surface area contributed by atoms with Crippen molar-refractivity contribution in [3.8, 4) is 0 Å². The van der Waals surface area contributed by atoms with Crippen LogP contribution in [0.4, 0.5) is 11.5 Å². The van der Waals surface area contributed by atoms with Gasteiger partial charge in [0.15, 0.2) is 0 Å². The minimum Gasteiger partial charge on any atom is -0.395 e. The van der Waals surface area contributed by atoms with Crippen molar-refractivity contribution in [1.82, 2.24) is 4.98 Å². The number of anilines is 2. The molecule has 4 nitrogen and oxygen atoms in total. The van der Waals surface area contributed by atoms with Gasteiger partial charge in [0.25, 0.3) is 0 Å². The molecule has 0 amide bonds. The molecule has 1 aromatic rings. The predicted molar refractivity (Wildman–Crippen MR) is 60.7 cm³/mol. The van der Waals surface area contributed by atoms with Gasteiger partial charge < -0.3 is 15.7 Å². The fourth-order valence-corrected chi connectivity index (χ4v) is 1.90. The van der Waals surface area contributed by atoms with Crippen molar-refractivity contribution in [2.75, 3.05) is 23.8 Å². The molecule has 1 aromatic heterocycles. The van der Waals surface area contributed by atoms with Crippen molar-refractivity contribution in [2.45, 2.75) is 25.3 Å². The van der Waals surface area contributed by atoms with Gasteiger partial charge in [0.1, 0.15) is 5.82 Å². The standard InChI is InChI=1S/C11H17N3O/c12-11-5-4-10(8-13-11)14(6-7-15)9-2-1-3-9/h4-5,8-9,15H,1-3,6-7H2,(H2,12,13). The van der Waals surface area contributed by atoms with E-state index in [-0.39, 0.29) is 6.61 Å². The average molecular weight is 207 g/mol. The summed E-state index contributed by atoms with van der Waals surface area (Å²) in [4.78, 5) is 6.30. The van der Waals surface area contributed by atoms with E-state index in [0.717, 1.165) is 5.69 Å². The quantitative estimate of drug-likeness (QED) is 0.773. The SMILES string of the molecule is Nc1ccc(N(CCO)C2CCC2)cn1. The monoisotopic (exact) mass is 207 g/mol. The fourth-order valence-electron chi connectivity index (χ4n) is 1.90. The molecular formula is C11H17N3O. The third kappa shape index (κ3) is 2.21. The molecule has 82 valence electrons. The van der Waals surface area contributed by atoms with E-state index in [1.807, 2.05) is 6.07 Å². The lowest BCUT2D eigenvalue weighted by molar-refractivity contribution is 0.283. The minimum absolute atomic E-state index is 0.181. The highest BCUT2D eigenvalue weighted by Crippen LogP contribution is 2.28. The van der Waals surface area contributed by atoms with Crippen LogP contribution in [-0.2, 0) is 0 Å². The van der Waals surface area contributed by atoms with Crippen molar-refractivity contribution in [1.29, 1.82) is 0 Å². The molecule has 1 aliphatic carbocycles. The van der Waals surface area contributed by atoms with Crippen LogP contribution in [0.15, 0.2) is 18.3 Å². The van der Waals surface area contributed by atoms with Gasteiger partial charge in [0, 0.05) is 12.6 Å². The van der Waals surface area contributed by atoms with Crippen LogP contribution in [0.25, 0.3) is 0 Å². The van der Waals surface area contributed by atoms with Crippen molar-refractivity contribution in [3.05, 3.63) is 18.3 Å². The number of rotatable bonds is 4. The summed E-state index contributed by atoms with van der Waals surface area (Å²) >= 11 is 0. The Bertz CT molecular complexity index is 308. The van der Waals surface area contributed by atoms with Crippen LogP contribution in [-0.4, -0.2) is 29.3 Å². The van der Waals surface area contributed by atoms with Gasteiger partial charge in [-0.15, -0.1) is 0 Å². The summed E-state index contributed by atoms with van der Waals surface area (Å²) in [5.41, 5.74) is 6.60. The summed E-state index contributed by atoms with van der Waals surface area (Å²) in [5, 5.41) is 9.03. The zero-order chi connectivity index (χ0) is 10.7. The molecule has 15 heavy (non-hydrogen) atoms. The summed E-state index contributed by atoms with van der Waals surface area (Å²) < 4.78 is 0. The summed E-state index contributed by atoms with van der Waals surface area (Å²) in [7, 11) is 0. The van der Waals surface area contributed by atoms with Gasteiger partial charge >= 0.3 is 0 Å². The van der Waals surface area contributed by atoms with Gasteiger partial charge in [-0.1, -0.05) is 0 Å². The van der Waals surface area contributed by atoms with E-state index in [1.54, 1.807) is 12.3 Å². The number of pyridine rings is 1. The van der Waals surface area contributed by atoms with Crippen LogP contribution in [0.5, 0.6) is 0 Å². The van der Waals surface area contributed by atoms with E-state index in [2.05, 4.69) is 9.88 Å². The van der Waals surface area contributed by atoms with E-state index >= 15 is 0 Å². The normalized spacial score (nSPS) is 16.1. The second kappa shape index (κ2) is 4.49. The van der Waals surface area contributed by atoms with Gasteiger partial charge in [0.05, 0.1) is 18.5 Å². The molecule has 0 aromatic carbocycles. The van der Waals surface area contributed by atoms with Crippen molar-refractivity contribution in [2.24, 2.45) is 0 Å². The average Bonchev–Trinajstić information content (AvgIpc) is 2.16. The van der Waals surface area contributed by atoms with E-state index in [9.17, 15) is 0 Å². The lowest BCUT2D eigenvalue weighted by Gasteiger charge is -2.38. The number of hydrogen-bond donors (Lipinski definition) is 2. The molecule has 0 atom stereocenters. The lowest BCUT2D eigenvalue weighted by Crippen LogP contribution is -2.42. The zero-order valence-electron chi connectivity index (χ0n) is 8.76. The molecule has 0 aliphatic heterocycles. The van der Waals surface area contributed by atoms with E-state index in [0.29, 0.717) is 18.4 Å². The Morgan fingerprint density at radius 1 is 1.47 bits per heavy atom. The molecule has 1 heterocycles. The molecule has 0 bridgehead atoms. The molecule has 0 unspecified atom stereocenters. The zero-order valence-corrected chi connectivity index (χ0v) is 8.76. The number of nitrogens with two attached hydrogens (primary N) is 1. The molecule has 0 radical (unpaired) electrons. The van der Waals surface area contributed by atoms with Crippen LogP contribution in [0.2, 0.25) is 0 Å². The van der Waals surface area contributed by atoms with Gasteiger partial charge in [-0.3, -0.25) is 0 Å². The first-order chi connectivity index (χ1) is 7.31. The number of hydrogen-bond acceptors (Lipinski definition) is 4. The summed E-state index contributed by atoms with van der Waals surface area (Å²) in [6, 6.07) is 4.34. The Kier molecular flexibility index (Phi) is 3.06. The molecule has 3 N–H and O–H groups in total. The number of aliphatic hydroxyl groups is 1. The van der Waals surface area contributed by atoms with E-state index in [1.165, 1.54) is 19.3 Å². The third-order valence-corrected chi connectivity index (χ3v) is 2.96. The Morgan fingerprint density at radius 3 is 2.73 bits per heavy atom. The molecule has 1 fully saturated rings. The number of nitrogen functional groups attached to an aromatic ring is 1. The highest BCUT2D eigenvalue weighted by Gasteiger charge is 2.24. The molecule has 0 spiro atoms. The second-order valence-corrected chi connectivity index (χ2v) is 3.94. The summed E-state index contributed by atoms with van der Waals surface area (Å²) in [5.74, 6) is 0.538. The topological polar surface area (TPSA) is 62.4 Å². The first-order valence-corrected chi connectivity index (χ1v) is 5.40. The maximum atomic E-state index is 9.03. The molecule has 1 saturated carbocycles. The predicted octanol–water partition coefficient (Wildman–Crippen LogP) is 1.02. The molecule has 4 heteroatoms. The van der Waals surface area contributed by atoms with Crippen molar-refractivity contribution >= 4 is 11.5 Å². The Labute approximate surface area is 89.7 Å². The highest BCUT2D eigenvalue weighted by atomic mass is 16.3. The van der Waals surface area contributed by atoms with Crippen LogP contribution >= 0.6 is 0 Å². The first kappa shape index (κ1) is 10.2. The number of nitrogens with zero attached hydrogens (tertiary/aromatic N) is 2. The maximum absolute atomic E-state index is 9.03. The first-order valence-electron chi connectivity index (χ1n) is 5.40. The molecule has 2 rings (SSSR count). The molecular weight excluding hydrogens is 190 g/mol. The van der Waals surface area contributed by atoms with Gasteiger partial charge in [0.2, 0.25) is 0 Å². The van der Waals surface area contributed by atoms with E-state index in [4.69, 9.17) is 10.8 Å². The van der Waals surface area contributed by atoms with Crippen LogP contribution in [0.1, 0.15) is 19.3 Å². The van der Waals surface area contributed by atoms with E-state index < -0.39 is 0 Å². The second-order valence-electron chi connectivity index (χ2n) is 3.94. The summed E-state index contributed by atoms with van der Waals surface area (Å²) in [6.07, 6.45) is 5.49. The molecule has 0 saturated heterocycles. The highest BCUT2D eigenvalue weighted by molar-refractivity contribution is 5.49. The fraction of sp³-hybridized carbons (Fsp3) is 0.545. The molecule has 1 aliphatic rings. The lowest BCUT2D eigenvalue weighted by atomic mass is 9.91. The Balaban J connectivity index is 2.12. The van der Waals surface area contributed by atoms with Crippen LogP contribution < -0.4 is 10.6 Å². The van der Waals surface area contributed by atoms with Gasteiger partial charge in [-0.2, -0.15) is 0 Å². The Hall–Kier alpha value is -1.29. The van der Waals surface area contributed by atoms with Crippen molar-refractivity contribution in [3.63, 3.8) is 0 Å². The Morgan fingerprint density at radius 2 is 2.27 bits per heavy atom. The van der Waals surface area contributed by atoms with Crippen molar-refractivity contribution < 1.29 is 5.11 Å².